The Hall–Kier alpha value is -3.58. The van der Waals surface area contributed by atoms with Gasteiger partial charge in [0, 0.05) is 5.69 Å². The third-order valence-electron chi connectivity index (χ3n) is 4.21. The van der Waals surface area contributed by atoms with Crippen LogP contribution in [-0.2, 0) is 6.54 Å². The van der Waals surface area contributed by atoms with Gasteiger partial charge < -0.3 is 14.2 Å². The number of amidine groups is 1. The van der Waals surface area contributed by atoms with Crippen molar-refractivity contribution in [2.75, 3.05) is 14.2 Å². The number of rotatable bonds is 7. The number of hydrogen-bond acceptors (Lipinski definition) is 6. The predicted octanol–water partition coefficient (Wildman–Crippen LogP) is 4.13. The van der Waals surface area contributed by atoms with Crippen LogP contribution in [0.25, 0.3) is 0 Å². The molecule has 0 aliphatic rings. The van der Waals surface area contributed by atoms with Crippen LogP contribution in [0.3, 0.4) is 0 Å². The van der Waals surface area contributed by atoms with Gasteiger partial charge in [-0.2, -0.15) is 0 Å². The van der Waals surface area contributed by atoms with Gasteiger partial charge in [0.15, 0.2) is 5.84 Å². The van der Waals surface area contributed by atoms with Gasteiger partial charge in [-0.3, -0.25) is 15.7 Å². The van der Waals surface area contributed by atoms with E-state index in [0.717, 1.165) is 22.8 Å². The number of methoxy groups -OCH3 is 2. The van der Waals surface area contributed by atoms with E-state index in [1.807, 2.05) is 37.3 Å². The van der Waals surface area contributed by atoms with Crippen LogP contribution in [0, 0.1) is 6.92 Å². The second-order valence-electron chi connectivity index (χ2n) is 6.21. The van der Waals surface area contributed by atoms with Gasteiger partial charge in [0.2, 0.25) is 5.88 Å². The highest BCUT2D eigenvalue weighted by Crippen LogP contribution is 2.26. The Morgan fingerprint density at radius 2 is 1.48 bits per heavy atom. The molecule has 0 saturated carbocycles. The highest BCUT2D eigenvalue weighted by molar-refractivity contribution is 6.00. The molecular weight excluding hydrogens is 370 g/mol. The topological polar surface area (TPSA) is 85.2 Å². The Kier molecular flexibility index (Phi) is 6.65. The number of nitrogens with one attached hydrogen (secondary N) is 1. The minimum atomic E-state index is 0.261. The summed E-state index contributed by atoms with van der Waals surface area (Å²) in [5.41, 5.74) is 4.46. The SMILES string of the molecule is COc1ccc(CN=C(NO)c2ccc(C)nc2Oc2ccc(OC)cc2)cc1. The van der Waals surface area contributed by atoms with Crippen LogP contribution in [0.2, 0.25) is 0 Å². The lowest BCUT2D eigenvalue weighted by molar-refractivity contribution is 0.234. The second kappa shape index (κ2) is 9.57. The van der Waals surface area contributed by atoms with Crippen molar-refractivity contribution in [3.05, 3.63) is 77.5 Å². The largest absolute Gasteiger partial charge is 0.497 e. The van der Waals surface area contributed by atoms with Crippen molar-refractivity contribution in [3.8, 4) is 23.1 Å². The van der Waals surface area contributed by atoms with Crippen LogP contribution >= 0.6 is 0 Å². The minimum Gasteiger partial charge on any atom is -0.497 e. The summed E-state index contributed by atoms with van der Waals surface area (Å²) in [6.07, 6.45) is 0. The molecule has 0 aliphatic carbocycles. The summed E-state index contributed by atoms with van der Waals surface area (Å²) < 4.78 is 16.3. The molecule has 1 heterocycles. The highest BCUT2D eigenvalue weighted by Gasteiger charge is 2.13. The van der Waals surface area contributed by atoms with Gasteiger partial charge in [0.25, 0.3) is 0 Å². The molecule has 0 fully saturated rings. The number of aliphatic imine (C=N–C) groups is 1. The zero-order chi connectivity index (χ0) is 20.6. The molecule has 0 aliphatic heterocycles. The second-order valence-corrected chi connectivity index (χ2v) is 6.21. The highest BCUT2D eigenvalue weighted by atomic mass is 16.5. The molecule has 0 radical (unpaired) electrons. The molecule has 7 nitrogen and oxygen atoms in total. The summed E-state index contributed by atoms with van der Waals surface area (Å²) in [6.45, 7) is 2.23. The molecule has 2 aromatic carbocycles. The van der Waals surface area contributed by atoms with Gasteiger partial charge in [-0.1, -0.05) is 12.1 Å². The fourth-order valence-electron chi connectivity index (χ4n) is 2.63. The van der Waals surface area contributed by atoms with Crippen LogP contribution < -0.4 is 19.7 Å². The number of pyridine rings is 1. The Balaban J connectivity index is 1.86. The van der Waals surface area contributed by atoms with Crippen LogP contribution in [0.1, 0.15) is 16.8 Å². The van der Waals surface area contributed by atoms with Gasteiger partial charge in [-0.15, -0.1) is 0 Å². The lowest BCUT2D eigenvalue weighted by Gasteiger charge is -2.13. The predicted molar refractivity (Wildman–Crippen MR) is 110 cm³/mol. The molecule has 0 spiro atoms. The number of hydroxylamine groups is 1. The third-order valence-corrected chi connectivity index (χ3v) is 4.21. The lowest BCUT2D eigenvalue weighted by atomic mass is 10.2. The van der Waals surface area contributed by atoms with E-state index in [1.165, 1.54) is 0 Å². The number of ether oxygens (including phenoxy) is 3. The number of nitrogens with zero attached hydrogens (tertiary/aromatic N) is 2. The van der Waals surface area contributed by atoms with Crippen LogP contribution in [0.15, 0.2) is 65.7 Å². The summed E-state index contributed by atoms with van der Waals surface area (Å²) in [4.78, 5) is 8.93. The van der Waals surface area contributed by atoms with Crippen molar-refractivity contribution in [3.63, 3.8) is 0 Å². The van der Waals surface area contributed by atoms with Crippen molar-refractivity contribution in [2.24, 2.45) is 4.99 Å². The average Bonchev–Trinajstić information content (AvgIpc) is 2.76. The van der Waals surface area contributed by atoms with Crippen LogP contribution in [0.4, 0.5) is 0 Å². The third kappa shape index (κ3) is 5.24. The minimum absolute atomic E-state index is 0.261. The standard InChI is InChI=1S/C22H23N3O4/c1-15-4-13-20(22(24-15)29-19-11-9-18(28-3)10-12-19)21(25-26)23-14-16-5-7-17(27-2)8-6-16/h4-13,26H,14H2,1-3H3,(H,23,25). The zero-order valence-electron chi connectivity index (χ0n) is 16.5. The monoisotopic (exact) mass is 393 g/mol. The van der Waals surface area contributed by atoms with E-state index in [2.05, 4.69) is 15.5 Å². The first kappa shape index (κ1) is 20.2. The summed E-state index contributed by atoms with van der Waals surface area (Å²) in [7, 11) is 3.23. The molecule has 2 N–H and O–H groups in total. The molecule has 150 valence electrons. The Morgan fingerprint density at radius 1 is 0.897 bits per heavy atom. The average molecular weight is 393 g/mol. The Labute approximate surface area is 169 Å². The molecular formula is C22H23N3O4. The first-order chi connectivity index (χ1) is 14.1. The van der Waals surface area contributed by atoms with Gasteiger partial charge in [0.1, 0.15) is 17.2 Å². The molecule has 0 unspecified atom stereocenters. The lowest BCUT2D eigenvalue weighted by Crippen LogP contribution is -2.21. The van der Waals surface area contributed by atoms with Crippen LogP contribution in [0.5, 0.6) is 23.1 Å². The molecule has 0 atom stereocenters. The van der Waals surface area contributed by atoms with Gasteiger partial charge >= 0.3 is 0 Å². The maximum Gasteiger partial charge on any atom is 0.230 e. The first-order valence-electron chi connectivity index (χ1n) is 9.00. The quantitative estimate of drug-likeness (QED) is 0.357. The molecule has 0 bridgehead atoms. The molecule has 3 rings (SSSR count). The van der Waals surface area contributed by atoms with Crippen molar-refractivity contribution in [2.45, 2.75) is 13.5 Å². The van der Waals surface area contributed by atoms with E-state index in [-0.39, 0.29) is 5.84 Å². The molecule has 1 aromatic heterocycles. The van der Waals surface area contributed by atoms with Crippen molar-refractivity contribution in [1.82, 2.24) is 10.5 Å². The van der Waals surface area contributed by atoms with Crippen molar-refractivity contribution in [1.29, 1.82) is 0 Å². The summed E-state index contributed by atoms with van der Waals surface area (Å²) >= 11 is 0. The summed E-state index contributed by atoms with van der Waals surface area (Å²) in [5.74, 6) is 2.70. The van der Waals surface area contributed by atoms with Crippen LogP contribution in [-0.4, -0.2) is 30.2 Å². The van der Waals surface area contributed by atoms with E-state index in [1.54, 1.807) is 44.6 Å². The number of aromatic nitrogens is 1. The normalized spacial score (nSPS) is 11.1. The molecule has 3 aromatic rings. The summed E-state index contributed by atoms with van der Waals surface area (Å²) in [6, 6.07) is 18.4. The molecule has 7 heteroatoms. The maximum absolute atomic E-state index is 9.67. The van der Waals surface area contributed by atoms with Gasteiger partial charge in [-0.25, -0.2) is 4.98 Å². The fraction of sp³-hybridized carbons (Fsp3) is 0.182. The van der Waals surface area contributed by atoms with Gasteiger partial charge in [-0.05, 0) is 61.0 Å². The number of hydrogen-bond donors (Lipinski definition) is 2. The molecule has 0 amide bonds. The van der Waals surface area contributed by atoms with E-state index in [0.29, 0.717) is 23.7 Å². The Morgan fingerprint density at radius 3 is 2.07 bits per heavy atom. The number of aryl methyl sites for hydroxylation is 1. The molecule has 29 heavy (non-hydrogen) atoms. The maximum atomic E-state index is 9.67. The van der Waals surface area contributed by atoms with Crippen molar-refractivity contribution >= 4 is 5.84 Å². The summed E-state index contributed by atoms with van der Waals surface area (Å²) in [5, 5.41) is 9.67. The molecule has 0 saturated heterocycles. The smallest absolute Gasteiger partial charge is 0.230 e. The van der Waals surface area contributed by atoms with E-state index < -0.39 is 0 Å². The first-order valence-corrected chi connectivity index (χ1v) is 9.00. The van der Waals surface area contributed by atoms with Gasteiger partial charge in [0.05, 0.1) is 26.3 Å². The van der Waals surface area contributed by atoms with Crippen molar-refractivity contribution < 1.29 is 19.4 Å². The number of benzene rings is 2. The zero-order valence-corrected chi connectivity index (χ0v) is 16.5. The van der Waals surface area contributed by atoms with E-state index in [4.69, 9.17) is 14.2 Å². The van der Waals surface area contributed by atoms with E-state index >= 15 is 0 Å². The Bertz CT molecular complexity index is 970. The van der Waals surface area contributed by atoms with E-state index in [9.17, 15) is 5.21 Å². The fourth-order valence-corrected chi connectivity index (χ4v) is 2.63.